The van der Waals surface area contributed by atoms with Crippen LogP contribution in [-0.4, -0.2) is 43.2 Å². The van der Waals surface area contributed by atoms with Gasteiger partial charge in [-0.15, -0.1) is 23.7 Å². The Morgan fingerprint density at radius 2 is 2.16 bits per heavy atom. The number of fused-ring (bicyclic) bond motifs is 1. The molecule has 1 N–H and O–H groups in total. The smallest absolute Gasteiger partial charge is 0.120 e. The lowest BCUT2D eigenvalue weighted by molar-refractivity contribution is 0.233. The Balaban J connectivity index is 0.00000133. The van der Waals surface area contributed by atoms with Crippen LogP contribution in [0.1, 0.15) is 5.01 Å². The number of piperazine rings is 1. The summed E-state index contributed by atoms with van der Waals surface area (Å²) in [7, 11) is 1.70. The number of methoxy groups -OCH3 is 1. The first kappa shape index (κ1) is 14.5. The molecule has 104 valence electrons. The van der Waals surface area contributed by atoms with Crippen molar-refractivity contribution in [1.29, 1.82) is 0 Å². The fourth-order valence-corrected chi connectivity index (χ4v) is 3.25. The van der Waals surface area contributed by atoms with Gasteiger partial charge in [0, 0.05) is 26.2 Å². The van der Waals surface area contributed by atoms with E-state index in [1.165, 1.54) is 9.71 Å². The van der Waals surface area contributed by atoms with Gasteiger partial charge >= 0.3 is 0 Å². The highest BCUT2D eigenvalue weighted by atomic mass is 35.5. The lowest BCUT2D eigenvalue weighted by Gasteiger charge is -2.25. The number of benzene rings is 1. The SMILES string of the molecule is COc1ccc2nc(CN3CCNCC3)sc2c1.Cl. The van der Waals surface area contributed by atoms with Crippen LogP contribution >= 0.6 is 23.7 Å². The Bertz CT molecular complexity index is 540. The van der Waals surface area contributed by atoms with E-state index in [1.807, 2.05) is 12.1 Å². The molecule has 0 radical (unpaired) electrons. The van der Waals surface area contributed by atoms with Gasteiger partial charge in [-0.25, -0.2) is 4.98 Å². The van der Waals surface area contributed by atoms with Crippen molar-refractivity contribution in [3.8, 4) is 5.75 Å². The maximum Gasteiger partial charge on any atom is 0.120 e. The quantitative estimate of drug-likeness (QED) is 0.942. The zero-order valence-electron chi connectivity index (χ0n) is 10.9. The maximum absolute atomic E-state index is 5.24. The van der Waals surface area contributed by atoms with Gasteiger partial charge in [0.15, 0.2) is 0 Å². The minimum Gasteiger partial charge on any atom is -0.497 e. The summed E-state index contributed by atoms with van der Waals surface area (Å²) in [4.78, 5) is 7.13. The predicted octanol–water partition coefficient (Wildman–Crippen LogP) is 2.13. The third-order valence-electron chi connectivity index (χ3n) is 3.21. The Morgan fingerprint density at radius 3 is 2.89 bits per heavy atom. The van der Waals surface area contributed by atoms with Gasteiger partial charge in [0.05, 0.1) is 23.9 Å². The maximum atomic E-state index is 5.24. The number of nitrogens with one attached hydrogen (secondary N) is 1. The molecule has 0 amide bonds. The van der Waals surface area contributed by atoms with Crippen molar-refractivity contribution >= 4 is 34.0 Å². The molecular formula is C13H18ClN3OS. The van der Waals surface area contributed by atoms with Crippen molar-refractivity contribution in [3.63, 3.8) is 0 Å². The van der Waals surface area contributed by atoms with Gasteiger partial charge in [0.1, 0.15) is 10.8 Å². The highest BCUT2D eigenvalue weighted by Gasteiger charge is 2.12. The van der Waals surface area contributed by atoms with Crippen LogP contribution in [0.25, 0.3) is 10.2 Å². The van der Waals surface area contributed by atoms with E-state index < -0.39 is 0 Å². The average Bonchev–Trinajstić information content (AvgIpc) is 2.80. The van der Waals surface area contributed by atoms with Gasteiger partial charge in [-0.1, -0.05) is 0 Å². The zero-order chi connectivity index (χ0) is 12.4. The monoisotopic (exact) mass is 299 g/mol. The summed E-state index contributed by atoms with van der Waals surface area (Å²) >= 11 is 1.77. The van der Waals surface area contributed by atoms with Crippen molar-refractivity contribution in [2.45, 2.75) is 6.54 Å². The second kappa shape index (κ2) is 6.52. The molecule has 3 rings (SSSR count). The third kappa shape index (κ3) is 3.36. The molecule has 1 fully saturated rings. The van der Waals surface area contributed by atoms with Crippen LogP contribution in [0.3, 0.4) is 0 Å². The van der Waals surface area contributed by atoms with Gasteiger partial charge in [-0.05, 0) is 18.2 Å². The van der Waals surface area contributed by atoms with Crippen molar-refractivity contribution < 1.29 is 4.74 Å². The minimum absolute atomic E-state index is 0. The molecule has 0 atom stereocenters. The number of ether oxygens (including phenoxy) is 1. The molecule has 0 unspecified atom stereocenters. The Labute approximate surface area is 123 Å². The highest BCUT2D eigenvalue weighted by molar-refractivity contribution is 7.18. The molecule has 1 aliphatic rings. The Hall–Kier alpha value is -0.880. The van der Waals surface area contributed by atoms with Gasteiger partial charge in [-0.2, -0.15) is 0 Å². The molecule has 4 nitrogen and oxygen atoms in total. The minimum atomic E-state index is 0. The molecule has 1 saturated heterocycles. The molecule has 0 saturated carbocycles. The average molecular weight is 300 g/mol. The van der Waals surface area contributed by atoms with Crippen LogP contribution in [0.2, 0.25) is 0 Å². The first-order valence-corrected chi connectivity index (χ1v) is 7.03. The summed E-state index contributed by atoms with van der Waals surface area (Å²) in [5.74, 6) is 0.903. The van der Waals surface area contributed by atoms with Gasteiger partial charge in [-0.3, -0.25) is 4.90 Å². The van der Waals surface area contributed by atoms with Crippen molar-refractivity contribution in [2.24, 2.45) is 0 Å². The number of rotatable bonds is 3. The summed E-state index contributed by atoms with van der Waals surface area (Å²) in [6, 6.07) is 6.07. The van der Waals surface area contributed by atoms with Gasteiger partial charge in [0.25, 0.3) is 0 Å². The first-order chi connectivity index (χ1) is 8.85. The number of hydrogen-bond acceptors (Lipinski definition) is 5. The molecule has 19 heavy (non-hydrogen) atoms. The van der Waals surface area contributed by atoms with E-state index in [9.17, 15) is 0 Å². The fourth-order valence-electron chi connectivity index (χ4n) is 2.21. The van der Waals surface area contributed by atoms with Gasteiger partial charge < -0.3 is 10.1 Å². The van der Waals surface area contributed by atoms with Crippen LogP contribution < -0.4 is 10.1 Å². The molecule has 2 aromatic rings. The molecule has 6 heteroatoms. The topological polar surface area (TPSA) is 37.4 Å². The van der Waals surface area contributed by atoms with Crippen LogP contribution in [0.4, 0.5) is 0 Å². The van der Waals surface area contributed by atoms with E-state index in [-0.39, 0.29) is 12.4 Å². The highest BCUT2D eigenvalue weighted by Crippen LogP contribution is 2.26. The summed E-state index contributed by atoms with van der Waals surface area (Å²) in [6.45, 7) is 5.35. The molecule has 0 aliphatic carbocycles. The van der Waals surface area contributed by atoms with E-state index in [4.69, 9.17) is 4.74 Å². The molecule has 0 bridgehead atoms. The summed E-state index contributed by atoms with van der Waals surface area (Å²) < 4.78 is 6.45. The summed E-state index contributed by atoms with van der Waals surface area (Å²) in [5.41, 5.74) is 1.07. The molecular weight excluding hydrogens is 282 g/mol. The summed E-state index contributed by atoms with van der Waals surface area (Å²) in [6.07, 6.45) is 0. The second-order valence-corrected chi connectivity index (χ2v) is 5.58. The molecule has 1 aromatic heterocycles. The normalized spacial score (nSPS) is 16.3. The standard InChI is InChI=1S/C13H17N3OS.ClH/c1-17-10-2-3-11-12(8-10)18-13(15-11)9-16-6-4-14-5-7-16;/h2-3,8,14H,4-7,9H2,1H3;1H. The Morgan fingerprint density at radius 1 is 1.37 bits per heavy atom. The number of nitrogens with zero attached hydrogens (tertiary/aromatic N) is 2. The third-order valence-corrected chi connectivity index (χ3v) is 4.21. The van der Waals surface area contributed by atoms with Crippen molar-refractivity contribution in [2.75, 3.05) is 33.3 Å². The van der Waals surface area contributed by atoms with E-state index in [1.54, 1.807) is 18.4 Å². The van der Waals surface area contributed by atoms with E-state index in [0.29, 0.717) is 0 Å². The lowest BCUT2D eigenvalue weighted by Crippen LogP contribution is -2.42. The van der Waals surface area contributed by atoms with Crippen LogP contribution in [0.15, 0.2) is 18.2 Å². The molecule has 1 aliphatic heterocycles. The number of thiazole rings is 1. The number of halogens is 1. The largest absolute Gasteiger partial charge is 0.497 e. The van der Waals surface area contributed by atoms with E-state index >= 15 is 0 Å². The lowest BCUT2D eigenvalue weighted by atomic mass is 10.3. The van der Waals surface area contributed by atoms with E-state index in [0.717, 1.165) is 44.0 Å². The number of hydrogen-bond donors (Lipinski definition) is 1. The van der Waals surface area contributed by atoms with Crippen molar-refractivity contribution in [1.82, 2.24) is 15.2 Å². The van der Waals surface area contributed by atoms with Crippen LogP contribution in [-0.2, 0) is 6.54 Å². The summed E-state index contributed by atoms with van der Waals surface area (Å²) in [5, 5.41) is 4.56. The molecule has 2 heterocycles. The zero-order valence-corrected chi connectivity index (χ0v) is 12.5. The van der Waals surface area contributed by atoms with E-state index in [2.05, 4.69) is 21.3 Å². The molecule has 0 spiro atoms. The number of aromatic nitrogens is 1. The fraction of sp³-hybridized carbons (Fsp3) is 0.462. The van der Waals surface area contributed by atoms with Crippen LogP contribution in [0, 0.1) is 0 Å². The molecule has 1 aromatic carbocycles. The predicted molar refractivity (Wildman–Crippen MR) is 81.6 cm³/mol. The van der Waals surface area contributed by atoms with Crippen LogP contribution in [0.5, 0.6) is 5.75 Å². The Kier molecular flexibility index (Phi) is 4.99. The first-order valence-electron chi connectivity index (χ1n) is 6.22. The van der Waals surface area contributed by atoms with Crippen molar-refractivity contribution in [3.05, 3.63) is 23.2 Å². The van der Waals surface area contributed by atoms with Gasteiger partial charge in [0.2, 0.25) is 0 Å². The second-order valence-electron chi connectivity index (χ2n) is 4.47.